The van der Waals surface area contributed by atoms with E-state index in [1.165, 1.54) is 13.0 Å². The van der Waals surface area contributed by atoms with E-state index in [0.29, 0.717) is 19.2 Å². The van der Waals surface area contributed by atoms with Crippen molar-refractivity contribution in [3.05, 3.63) is 29.8 Å². The quantitative estimate of drug-likeness (QED) is 0.870. The number of rotatable bonds is 6. The molecule has 1 unspecified atom stereocenters. The molecule has 23 heavy (non-hydrogen) atoms. The fraction of sp³-hybridized carbons (Fsp3) is 0.500. The van der Waals surface area contributed by atoms with Gasteiger partial charge in [0.15, 0.2) is 0 Å². The van der Waals surface area contributed by atoms with Crippen molar-refractivity contribution in [3.63, 3.8) is 0 Å². The van der Waals surface area contributed by atoms with E-state index in [9.17, 15) is 18.4 Å². The van der Waals surface area contributed by atoms with Crippen LogP contribution in [0.3, 0.4) is 0 Å². The lowest BCUT2D eigenvalue weighted by Gasteiger charge is -2.21. The van der Waals surface area contributed by atoms with Crippen LogP contribution in [-0.4, -0.2) is 37.6 Å². The van der Waals surface area contributed by atoms with Gasteiger partial charge in [-0.1, -0.05) is 0 Å². The normalized spacial score (nSPS) is 17.1. The minimum atomic E-state index is -0.833. The number of ether oxygens (including phenoxy) is 1. The number of hydrogen-bond donors (Lipinski definition) is 1. The van der Waals surface area contributed by atoms with Gasteiger partial charge in [-0.05, 0) is 25.0 Å². The van der Waals surface area contributed by atoms with Crippen LogP contribution in [0.25, 0.3) is 0 Å². The molecule has 2 rings (SSSR count). The molecule has 1 aromatic carbocycles. The number of carbonyl (C=O) groups excluding carboxylic acids is 2. The van der Waals surface area contributed by atoms with E-state index in [4.69, 9.17) is 4.74 Å². The van der Waals surface area contributed by atoms with E-state index in [-0.39, 0.29) is 30.7 Å². The highest BCUT2D eigenvalue weighted by Crippen LogP contribution is 2.20. The number of benzene rings is 1. The maximum absolute atomic E-state index is 13.8. The van der Waals surface area contributed by atoms with E-state index in [0.717, 1.165) is 23.8 Å². The fourth-order valence-corrected chi connectivity index (χ4v) is 2.48. The number of nitrogens with one attached hydrogen (secondary N) is 1. The highest BCUT2D eigenvalue weighted by molar-refractivity contribution is 5.92. The first kappa shape index (κ1) is 17.3. The van der Waals surface area contributed by atoms with Gasteiger partial charge in [0, 0.05) is 39.1 Å². The van der Waals surface area contributed by atoms with Crippen LogP contribution < -0.4 is 10.2 Å². The Morgan fingerprint density at radius 3 is 2.78 bits per heavy atom. The number of anilines is 1. The topological polar surface area (TPSA) is 58.6 Å². The van der Waals surface area contributed by atoms with Crippen molar-refractivity contribution in [2.45, 2.75) is 32.3 Å². The molecule has 1 aromatic rings. The minimum Gasteiger partial charge on any atom is -0.376 e. The summed E-state index contributed by atoms with van der Waals surface area (Å²) in [6.07, 6.45) is 1.98. The molecule has 0 spiro atoms. The van der Waals surface area contributed by atoms with E-state index < -0.39 is 17.5 Å². The molecule has 1 fully saturated rings. The van der Waals surface area contributed by atoms with Gasteiger partial charge in [-0.2, -0.15) is 0 Å². The van der Waals surface area contributed by atoms with Crippen LogP contribution >= 0.6 is 0 Å². The first-order valence-corrected chi connectivity index (χ1v) is 7.59. The van der Waals surface area contributed by atoms with Crippen LogP contribution in [0, 0.1) is 11.6 Å². The van der Waals surface area contributed by atoms with E-state index in [2.05, 4.69) is 5.32 Å². The summed E-state index contributed by atoms with van der Waals surface area (Å²) in [5.41, 5.74) is -0.0363. The second-order valence-corrected chi connectivity index (χ2v) is 5.46. The zero-order valence-corrected chi connectivity index (χ0v) is 13.0. The van der Waals surface area contributed by atoms with Crippen molar-refractivity contribution in [2.75, 3.05) is 24.6 Å². The van der Waals surface area contributed by atoms with Crippen molar-refractivity contribution in [1.29, 1.82) is 0 Å². The average Bonchev–Trinajstić information content (AvgIpc) is 3.00. The summed E-state index contributed by atoms with van der Waals surface area (Å²) in [4.78, 5) is 24.6. The number of carbonyl (C=O) groups is 2. The first-order chi connectivity index (χ1) is 11.0. The second-order valence-electron chi connectivity index (χ2n) is 5.46. The number of nitrogens with zero attached hydrogens (tertiary/aromatic N) is 1. The Labute approximate surface area is 133 Å². The van der Waals surface area contributed by atoms with E-state index in [1.807, 2.05) is 0 Å². The number of amides is 2. The third-order valence-corrected chi connectivity index (χ3v) is 3.69. The average molecular weight is 326 g/mol. The molecule has 7 heteroatoms. The van der Waals surface area contributed by atoms with Crippen LogP contribution in [-0.2, 0) is 14.3 Å². The standard InChI is InChI=1S/C16H20F2N2O3/c1-11(21)20(15-5-4-12(17)9-14(15)18)7-6-16(22)19-10-13-3-2-8-23-13/h4-5,9,13H,2-3,6-8,10H2,1H3,(H,19,22). The number of hydrogen-bond acceptors (Lipinski definition) is 3. The molecule has 2 amide bonds. The lowest BCUT2D eigenvalue weighted by Crippen LogP contribution is -2.36. The molecule has 1 aliphatic heterocycles. The molecule has 0 bridgehead atoms. The Morgan fingerprint density at radius 1 is 1.39 bits per heavy atom. The molecule has 5 nitrogen and oxygen atoms in total. The Kier molecular flexibility index (Phi) is 6.04. The largest absolute Gasteiger partial charge is 0.376 e. The van der Waals surface area contributed by atoms with Gasteiger partial charge in [-0.15, -0.1) is 0 Å². The maximum atomic E-state index is 13.8. The second kappa shape index (κ2) is 8.01. The van der Waals surface area contributed by atoms with Crippen molar-refractivity contribution in [2.24, 2.45) is 0 Å². The van der Waals surface area contributed by atoms with Crippen LogP contribution in [0.4, 0.5) is 14.5 Å². The van der Waals surface area contributed by atoms with Gasteiger partial charge in [0.05, 0.1) is 11.8 Å². The molecular formula is C16H20F2N2O3. The predicted molar refractivity (Wildman–Crippen MR) is 81.0 cm³/mol. The first-order valence-electron chi connectivity index (χ1n) is 7.59. The highest BCUT2D eigenvalue weighted by Gasteiger charge is 2.19. The molecule has 1 atom stereocenters. The van der Waals surface area contributed by atoms with Gasteiger partial charge >= 0.3 is 0 Å². The monoisotopic (exact) mass is 326 g/mol. The smallest absolute Gasteiger partial charge is 0.223 e. The molecule has 126 valence electrons. The van der Waals surface area contributed by atoms with Crippen molar-refractivity contribution >= 4 is 17.5 Å². The van der Waals surface area contributed by atoms with Gasteiger partial charge in [0.25, 0.3) is 0 Å². The molecule has 0 radical (unpaired) electrons. The highest BCUT2D eigenvalue weighted by atomic mass is 19.1. The Bertz CT molecular complexity index is 574. The molecule has 0 saturated carbocycles. The van der Waals surface area contributed by atoms with E-state index >= 15 is 0 Å². The summed E-state index contributed by atoms with van der Waals surface area (Å²) in [6, 6.07) is 2.98. The molecule has 1 saturated heterocycles. The summed E-state index contributed by atoms with van der Waals surface area (Å²) in [5, 5.41) is 2.74. The molecular weight excluding hydrogens is 306 g/mol. The lowest BCUT2D eigenvalue weighted by molar-refractivity contribution is -0.121. The summed E-state index contributed by atoms with van der Waals surface area (Å²) in [6.45, 7) is 2.44. The van der Waals surface area contributed by atoms with Crippen molar-refractivity contribution < 1.29 is 23.1 Å². The minimum absolute atomic E-state index is 0.0231. The van der Waals surface area contributed by atoms with E-state index in [1.54, 1.807) is 0 Å². The Morgan fingerprint density at radius 2 is 2.17 bits per heavy atom. The van der Waals surface area contributed by atoms with Crippen LogP contribution in [0.15, 0.2) is 18.2 Å². The fourth-order valence-electron chi connectivity index (χ4n) is 2.48. The van der Waals surface area contributed by atoms with Gasteiger partial charge in [-0.25, -0.2) is 8.78 Å². The Hall–Kier alpha value is -2.02. The molecule has 1 heterocycles. The molecule has 0 aliphatic carbocycles. The third-order valence-electron chi connectivity index (χ3n) is 3.69. The van der Waals surface area contributed by atoms with Gasteiger partial charge < -0.3 is 15.0 Å². The maximum Gasteiger partial charge on any atom is 0.223 e. The van der Waals surface area contributed by atoms with Crippen molar-refractivity contribution in [1.82, 2.24) is 5.32 Å². The third kappa shape index (κ3) is 4.99. The van der Waals surface area contributed by atoms with Gasteiger partial charge in [0.1, 0.15) is 11.6 Å². The summed E-state index contributed by atoms with van der Waals surface area (Å²) in [5.74, 6) is -2.21. The van der Waals surface area contributed by atoms with Gasteiger partial charge in [-0.3, -0.25) is 9.59 Å². The molecule has 1 aliphatic rings. The van der Waals surface area contributed by atoms with Crippen molar-refractivity contribution in [3.8, 4) is 0 Å². The summed E-state index contributed by atoms with van der Waals surface area (Å²) in [7, 11) is 0. The SMILES string of the molecule is CC(=O)N(CCC(=O)NCC1CCCO1)c1ccc(F)cc1F. The zero-order chi connectivity index (χ0) is 16.8. The van der Waals surface area contributed by atoms with Crippen LogP contribution in [0.1, 0.15) is 26.2 Å². The molecule has 0 aromatic heterocycles. The summed E-state index contributed by atoms with van der Waals surface area (Å²) >= 11 is 0. The lowest BCUT2D eigenvalue weighted by atomic mass is 10.2. The number of halogens is 2. The van der Waals surface area contributed by atoms with Gasteiger partial charge in [0.2, 0.25) is 11.8 Å². The zero-order valence-electron chi connectivity index (χ0n) is 13.0. The Balaban J connectivity index is 1.89. The van der Waals surface area contributed by atoms with Crippen LogP contribution in [0.5, 0.6) is 0 Å². The summed E-state index contributed by atoms with van der Waals surface area (Å²) < 4.78 is 32.1. The molecule has 1 N–H and O–H groups in total. The van der Waals surface area contributed by atoms with Crippen LogP contribution in [0.2, 0.25) is 0 Å². The predicted octanol–water partition coefficient (Wildman–Crippen LogP) is 2.00.